The predicted molar refractivity (Wildman–Crippen MR) is 136 cm³/mol. The number of halogens is 3. The number of rotatable bonds is 4. The van der Waals surface area contributed by atoms with Crippen molar-refractivity contribution in [1.29, 1.82) is 0 Å². The maximum atomic E-state index is 14.3. The zero-order valence-corrected chi connectivity index (χ0v) is 20.3. The zero-order chi connectivity index (χ0) is 25.4. The lowest BCUT2D eigenvalue weighted by Gasteiger charge is -2.42. The Balaban J connectivity index is 1.28. The van der Waals surface area contributed by atoms with Gasteiger partial charge in [-0.15, -0.1) is 0 Å². The zero-order valence-electron chi connectivity index (χ0n) is 20.3. The summed E-state index contributed by atoms with van der Waals surface area (Å²) in [7, 11) is 0. The second-order valence-corrected chi connectivity index (χ2v) is 9.39. The van der Waals surface area contributed by atoms with Crippen molar-refractivity contribution in [3.05, 3.63) is 101 Å². The van der Waals surface area contributed by atoms with Gasteiger partial charge in [-0.2, -0.15) is 0 Å². The molecule has 4 nitrogen and oxygen atoms in total. The summed E-state index contributed by atoms with van der Waals surface area (Å²) in [6, 6.07) is 16.7. The Morgan fingerprint density at radius 1 is 0.944 bits per heavy atom. The van der Waals surface area contributed by atoms with E-state index in [1.165, 1.54) is 0 Å². The molecular weight excluding hydrogens is 463 g/mol. The molecule has 1 unspecified atom stereocenters. The molecule has 7 heteroatoms. The topological polar surface area (TPSA) is 26.8 Å². The quantitative estimate of drug-likeness (QED) is 0.408. The minimum Gasteiger partial charge on any atom is -0.337 e. The minimum atomic E-state index is -1.15. The fourth-order valence-corrected chi connectivity index (χ4v) is 5.20. The van der Waals surface area contributed by atoms with Crippen LogP contribution < -0.4 is 4.90 Å². The van der Waals surface area contributed by atoms with Gasteiger partial charge >= 0.3 is 0 Å². The van der Waals surface area contributed by atoms with Crippen molar-refractivity contribution in [3.63, 3.8) is 0 Å². The van der Waals surface area contributed by atoms with Gasteiger partial charge in [-0.3, -0.25) is 9.69 Å². The lowest BCUT2D eigenvalue weighted by molar-refractivity contribution is 0.0396. The lowest BCUT2D eigenvalue weighted by atomic mass is 10.0. The van der Waals surface area contributed by atoms with Crippen molar-refractivity contribution in [2.45, 2.75) is 25.9 Å². The number of fused-ring (bicyclic) bond motifs is 1. The molecule has 1 saturated heterocycles. The van der Waals surface area contributed by atoms with Crippen molar-refractivity contribution in [2.24, 2.45) is 0 Å². The number of nitrogens with zero attached hydrogens (tertiary/aromatic N) is 3. The second-order valence-electron chi connectivity index (χ2n) is 9.39. The summed E-state index contributed by atoms with van der Waals surface area (Å²) in [6.45, 7) is 5.61. The number of hydrogen-bond donors (Lipinski definition) is 0. The molecule has 2 aliphatic heterocycles. The van der Waals surface area contributed by atoms with Crippen molar-refractivity contribution in [3.8, 4) is 0 Å². The van der Waals surface area contributed by atoms with Gasteiger partial charge in [0.2, 0.25) is 0 Å². The molecule has 0 radical (unpaired) electrons. The molecule has 186 valence electrons. The van der Waals surface area contributed by atoms with Gasteiger partial charge in [0.15, 0.2) is 11.6 Å². The van der Waals surface area contributed by atoms with Gasteiger partial charge in [0.1, 0.15) is 5.82 Å². The number of anilines is 2. The number of hydrogen-bond acceptors (Lipinski definition) is 3. The van der Waals surface area contributed by atoms with Crippen LogP contribution in [0.25, 0.3) is 6.08 Å². The highest BCUT2D eigenvalue weighted by Crippen LogP contribution is 2.33. The standard InChI is InChI=1S/C29H28F3N3O/c1-19-18-33(20(2)27-24(30)13-14-25(31)28(27)32)16-17-34(19)29(36)22-9-11-23(12-10-22)35-15-5-7-21-6-3-4-8-26(21)35/h3-14,19-20H,15-18H2,1-2H3/t19-,20?/m1/s1. The van der Waals surface area contributed by atoms with Gasteiger partial charge in [-0.1, -0.05) is 30.4 Å². The molecule has 36 heavy (non-hydrogen) atoms. The Morgan fingerprint density at radius 2 is 1.67 bits per heavy atom. The van der Waals surface area contributed by atoms with E-state index in [-0.39, 0.29) is 17.5 Å². The number of carbonyl (C=O) groups excluding carboxylic acids is 1. The fourth-order valence-electron chi connectivity index (χ4n) is 5.20. The number of para-hydroxylation sites is 1. The Morgan fingerprint density at radius 3 is 2.42 bits per heavy atom. The van der Waals surface area contributed by atoms with Gasteiger partial charge in [0.25, 0.3) is 5.91 Å². The van der Waals surface area contributed by atoms with Crippen molar-refractivity contribution in [2.75, 3.05) is 31.1 Å². The molecule has 2 atom stereocenters. The van der Waals surface area contributed by atoms with Crippen LogP contribution >= 0.6 is 0 Å². The van der Waals surface area contributed by atoms with Gasteiger partial charge in [0, 0.05) is 60.8 Å². The average molecular weight is 492 g/mol. The third-order valence-corrected chi connectivity index (χ3v) is 7.20. The number of piperazine rings is 1. The Bertz CT molecular complexity index is 1310. The van der Waals surface area contributed by atoms with Crippen LogP contribution in [0.5, 0.6) is 0 Å². The van der Waals surface area contributed by atoms with Crippen LogP contribution in [0.4, 0.5) is 24.5 Å². The van der Waals surface area contributed by atoms with E-state index in [2.05, 4.69) is 29.2 Å². The largest absolute Gasteiger partial charge is 0.337 e. The van der Waals surface area contributed by atoms with E-state index in [9.17, 15) is 18.0 Å². The Labute approximate surface area is 209 Å². The van der Waals surface area contributed by atoms with E-state index in [4.69, 9.17) is 0 Å². The summed E-state index contributed by atoms with van der Waals surface area (Å²) in [5.41, 5.74) is 3.61. The number of benzene rings is 3. The summed E-state index contributed by atoms with van der Waals surface area (Å²) >= 11 is 0. The molecule has 5 rings (SSSR count). The second kappa shape index (κ2) is 9.82. The van der Waals surface area contributed by atoms with E-state index in [0.717, 1.165) is 35.6 Å². The first-order chi connectivity index (χ1) is 17.3. The molecule has 1 amide bonds. The van der Waals surface area contributed by atoms with Gasteiger partial charge in [0.05, 0.1) is 0 Å². The van der Waals surface area contributed by atoms with Crippen molar-refractivity contribution in [1.82, 2.24) is 9.80 Å². The maximum absolute atomic E-state index is 14.3. The molecule has 0 N–H and O–H groups in total. The van der Waals surface area contributed by atoms with Crippen LogP contribution in [0.2, 0.25) is 0 Å². The molecule has 1 fully saturated rings. The van der Waals surface area contributed by atoms with Crippen LogP contribution in [-0.4, -0.2) is 47.9 Å². The van der Waals surface area contributed by atoms with Gasteiger partial charge in [-0.25, -0.2) is 13.2 Å². The molecule has 3 aromatic rings. The molecule has 3 aromatic carbocycles. The molecular formula is C29H28F3N3O. The number of amides is 1. The smallest absolute Gasteiger partial charge is 0.254 e. The van der Waals surface area contributed by atoms with E-state index >= 15 is 0 Å². The summed E-state index contributed by atoms with van der Waals surface area (Å²) < 4.78 is 42.4. The molecule has 0 aliphatic carbocycles. The average Bonchev–Trinajstić information content (AvgIpc) is 2.90. The van der Waals surface area contributed by atoms with Crippen molar-refractivity contribution < 1.29 is 18.0 Å². The minimum absolute atomic E-state index is 0.0802. The molecule has 0 saturated carbocycles. The third kappa shape index (κ3) is 4.39. The van der Waals surface area contributed by atoms with Crippen LogP contribution in [0.1, 0.15) is 41.4 Å². The SMILES string of the molecule is CC(c1c(F)ccc(F)c1F)N1CCN(C(=O)c2ccc(N3CC=Cc4ccccc43)cc2)[C@H](C)C1. The fraction of sp³-hybridized carbons (Fsp3) is 0.276. The molecule has 0 bridgehead atoms. The summed E-state index contributed by atoms with van der Waals surface area (Å²) in [4.78, 5) is 19.2. The van der Waals surface area contributed by atoms with E-state index in [1.807, 2.05) is 48.2 Å². The molecule has 0 aromatic heterocycles. The first-order valence-electron chi connectivity index (χ1n) is 12.2. The van der Waals surface area contributed by atoms with Crippen LogP contribution in [0.15, 0.2) is 66.7 Å². The van der Waals surface area contributed by atoms with Crippen molar-refractivity contribution >= 4 is 23.4 Å². The first-order valence-corrected chi connectivity index (χ1v) is 12.2. The molecule has 0 spiro atoms. The summed E-state index contributed by atoms with van der Waals surface area (Å²) in [5.74, 6) is -3.06. The van der Waals surface area contributed by atoms with E-state index < -0.39 is 23.5 Å². The highest BCUT2D eigenvalue weighted by Gasteiger charge is 2.33. The van der Waals surface area contributed by atoms with Crippen LogP contribution in [0.3, 0.4) is 0 Å². The predicted octanol–water partition coefficient (Wildman–Crippen LogP) is 6.18. The van der Waals surface area contributed by atoms with Crippen LogP contribution in [0, 0.1) is 17.5 Å². The summed E-state index contributed by atoms with van der Waals surface area (Å²) in [5, 5.41) is 0. The first kappa shape index (κ1) is 24.1. The number of carbonyl (C=O) groups is 1. The Kier molecular flexibility index (Phi) is 6.58. The lowest BCUT2D eigenvalue weighted by Crippen LogP contribution is -2.54. The maximum Gasteiger partial charge on any atom is 0.254 e. The monoisotopic (exact) mass is 491 g/mol. The van der Waals surface area contributed by atoms with Gasteiger partial charge < -0.3 is 9.80 Å². The highest BCUT2D eigenvalue weighted by atomic mass is 19.2. The normalized spacial score (nSPS) is 18.8. The molecule has 2 aliphatic rings. The van der Waals surface area contributed by atoms with Gasteiger partial charge in [-0.05, 0) is 61.9 Å². The molecule has 2 heterocycles. The highest BCUT2D eigenvalue weighted by molar-refractivity contribution is 5.95. The van der Waals surface area contributed by atoms with E-state index in [0.29, 0.717) is 25.2 Å². The third-order valence-electron chi connectivity index (χ3n) is 7.20. The van der Waals surface area contributed by atoms with E-state index in [1.54, 1.807) is 11.8 Å². The Hall–Kier alpha value is -3.58. The van der Waals surface area contributed by atoms with Crippen LogP contribution in [-0.2, 0) is 0 Å². The summed E-state index contributed by atoms with van der Waals surface area (Å²) in [6.07, 6.45) is 4.23.